The van der Waals surface area contributed by atoms with Gasteiger partial charge in [0.05, 0.1) is 6.54 Å². The molecule has 2 heterocycles. The second kappa shape index (κ2) is 13.1. The first kappa shape index (κ1) is 28.6. The van der Waals surface area contributed by atoms with Crippen molar-refractivity contribution in [1.29, 1.82) is 0 Å². The molecular weight excluding hydrogens is 516 g/mol. The highest BCUT2D eigenvalue weighted by Gasteiger charge is 2.23. The van der Waals surface area contributed by atoms with Crippen LogP contribution in [0.5, 0.6) is 11.8 Å². The molecule has 0 aliphatic rings. The highest BCUT2D eigenvalue weighted by molar-refractivity contribution is 6.30. The van der Waals surface area contributed by atoms with Crippen molar-refractivity contribution in [3.8, 4) is 11.8 Å². The molecule has 1 atom stereocenters. The summed E-state index contributed by atoms with van der Waals surface area (Å²) in [4.78, 5) is 31.5. The first-order chi connectivity index (χ1) is 18.9. The van der Waals surface area contributed by atoms with Crippen LogP contribution >= 0.6 is 11.6 Å². The Bertz CT molecular complexity index is 1520. The van der Waals surface area contributed by atoms with E-state index in [0.29, 0.717) is 36.2 Å². The zero-order chi connectivity index (χ0) is 27.9. The van der Waals surface area contributed by atoms with Gasteiger partial charge >= 0.3 is 11.7 Å². The number of benzene rings is 2. The van der Waals surface area contributed by atoms with Gasteiger partial charge in [-0.15, -0.1) is 0 Å². The number of nitrogens with zero attached hydrogens (tertiary/aromatic N) is 4. The van der Waals surface area contributed by atoms with Crippen LogP contribution in [0, 0.1) is 5.92 Å². The summed E-state index contributed by atoms with van der Waals surface area (Å²) < 4.78 is 10.7. The Morgan fingerprint density at radius 3 is 2.44 bits per heavy atom. The minimum absolute atomic E-state index is 0.116. The van der Waals surface area contributed by atoms with Gasteiger partial charge in [-0.3, -0.25) is 18.5 Å². The zero-order valence-corrected chi connectivity index (χ0v) is 23.7. The second-order valence-electron chi connectivity index (χ2n) is 9.86. The van der Waals surface area contributed by atoms with E-state index >= 15 is 0 Å². The lowest BCUT2D eigenvalue weighted by atomic mass is 9.93. The van der Waals surface area contributed by atoms with Gasteiger partial charge < -0.3 is 9.84 Å². The lowest BCUT2D eigenvalue weighted by Crippen LogP contribution is -2.40. The molecule has 4 rings (SSSR count). The summed E-state index contributed by atoms with van der Waals surface area (Å²) in [5, 5.41) is 9.95. The summed E-state index contributed by atoms with van der Waals surface area (Å²) >= 11 is 6.10. The Balaban J connectivity index is 1.84. The standard InChI is InChI=1S/C30H37ClN4O4/c1-4-9-21(5-2)18-23-10-7-11-25(19-23)39-29-32-27-26(35(29)20-22-12-14-24(31)15-13-22)28(37)34(16-8-17-36)30(38)33(27)6-3/h7,10-15,19,21,36H,4-6,8-9,16-18,20H2,1-3H3/t21-/m1/s1. The minimum atomic E-state index is -0.455. The van der Waals surface area contributed by atoms with Crippen LogP contribution in [-0.2, 0) is 26.1 Å². The molecule has 2 aromatic heterocycles. The van der Waals surface area contributed by atoms with Crippen LogP contribution in [0.4, 0.5) is 0 Å². The number of ether oxygens (including phenoxy) is 1. The number of halogens is 1. The third-order valence-corrected chi connectivity index (χ3v) is 7.35. The average molecular weight is 553 g/mol. The van der Waals surface area contributed by atoms with E-state index in [4.69, 9.17) is 16.3 Å². The van der Waals surface area contributed by atoms with E-state index in [1.54, 1.807) is 16.7 Å². The number of aromatic nitrogens is 4. The van der Waals surface area contributed by atoms with Gasteiger partial charge in [0.25, 0.3) is 5.56 Å². The molecule has 208 valence electrons. The SMILES string of the molecule is CCC[C@@H](CC)Cc1cccc(Oc2nc3c(c(=O)n(CCCO)c(=O)n3CC)n2Cc2ccc(Cl)cc2)c1. The molecule has 0 fully saturated rings. The predicted molar refractivity (Wildman–Crippen MR) is 155 cm³/mol. The quantitative estimate of drug-likeness (QED) is 0.232. The fourth-order valence-electron chi connectivity index (χ4n) is 5.01. The molecule has 0 spiro atoms. The molecule has 0 saturated carbocycles. The number of aryl methyl sites for hydroxylation is 1. The Hall–Kier alpha value is -3.36. The van der Waals surface area contributed by atoms with Crippen molar-refractivity contribution in [1.82, 2.24) is 18.7 Å². The Labute approximate surface area is 233 Å². The number of hydrogen-bond acceptors (Lipinski definition) is 5. The van der Waals surface area contributed by atoms with E-state index in [9.17, 15) is 14.7 Å². The molecule has 1 N–H and O–H groups in total. The molecule has 39 heavy (non-hydrogen) atoms. The van der Waals surface area contributed by atoms with E-state index in [1.807, 2.05) is 37.3 Å². The first-order valence-corrected chi connectivity index (χ1v) is 14.1. The van der Waals surface area contributed by atoms with Crippen molar-refractivity contribution in [2.24, 2.45) is 5.92 Å². The highest BCUT2D eigenvalue weighted by Crippen LogP contribution is 2.28. The molecule has 4 aromatic rings. The van der Waals surface area contributed by atoms with Crippen molar-refractivity contribution in [3.63, 3.8) is 0 Å². The van der Waals surface area contributed by atoms with Crippen molar-refractivity contribution in [2.75, 3.05) is 6.61 Å². The molecule has 2 aromatic carbocycles. The average Bonchev–Trinajstić information content (AvgIpc) is 3.27. The normalized spacial score (nSPS) is 12.2. The molecule has 0 bridgehead atoms. The smallest absolute Gasteiger partial charge is 0.332 e. The molecule has 8 nitrogen and oxygen atoms in total. The van der Waals surface area contributed by atoms with Crippen LogP contribution in [0.3, 0.4) is 0 Å². The number of hydrogen-bond donors (Lipinski definition) is 1. The summed E-state index contributed by atoms with van der Waals surface area (Å²) in [6.45, 7) is 6.89. The van der Waals surface area contributed by atoms with Gasteiger partial charge in [0.1, 0.15) is 5.75 Å². The molecule has 0 radical (unpaired) electrons. The van der Waals surface area contributed by atoms with Crippen LogP contribution in [0.2, 0.25) is 5.02 Å². The van der Waals surface area contributed by atoms with Crippen molar-refractivity contribution >= 4 is 22.8 Å². The van der Waals surface area contributed by atoms with Gasteiger partial charge in [0.2, 0.25) is 0 Å². The molecule has 0 unspecified atom stereocenters. The Kier molecular flexibility index (Phi) is 9.64. The highest BCUT2D eigenvalue weighted by atomic mass is 35.5. The Morgan fingerprint density at radius 1 is 1.00 bits per heavy atom. The van der Waals surface area contributed by atoms with Gasteiger partial charge in [-0.1, -0.05) is 69.0 Å². The summed E-state index contributed by atoms with van der Waals surface area (Å²) in [6.07, 6.45) is 4.71. The minimum Gasteiger partial charge on any atom is -0.425 e. The molecule has 0 amide bonds. The van der Waals surface area contributed by atoms with E-state index in [1.165, 1.54) is 21.1 Å². The Morgan fingerprint density at radius 2 is 1.77 bits per heavy atom. The number of rotatable bonds is 13. The van der Waals surface area contributed by atoms with Crippen LogP contribution in [0.1, 0.15) is 57.6 Å². The fraction of sp³-hybridized carbons (Fsp3) is 0.433. The monoisotopic (exact) mass is 552 g/mol. The van der Waals surface area contributed by atoms with Gasteiger partial charge in [-0.25, -0.2) is 4.79 Å². The molecule has 0 saturated heterocycles. The number of aliphatic hydroxyl groups excluding tert-OH is 1. The topological polar surface area (TPSA) is 91.3 Å². The van der Waals surface area contributed by atoms with Gasteiger partial charge in [0, 0.05) is 24.7 Å². The zero-order valence-electron chi connectivity index (χ0n) is 22.9. The molecule has 0 aliphatic heterocycles. The molecule has 9 heteroatoms. The maximum absolute atomic E-state index is 13.7. The van der Waals surface area contributed by atoms with E-state index in [-0.39, 0.29) is 30.3 Å². The van der Waals surface area contributed by atoms with Crippen LogP contribution in [0.25, 0.3) is 11.2 Å². The summed E-state index contributed by atoms with van der Waals surface area (Å²) in [6, 6.07) is 15.6. The number of imidazole rings is 1. The summed E-state index contributed by atoms with van der Waals surface area (Å²) in [7, 11) is 0. The summed E-state index contributed by atoms with van der Waals surface area (Å²) in [5.41, 5.74) is 1.74. The van der Waals surface area contributed by atoms with E-state index in [0.717, 1.165) is 24.8 Å². The first-order valence-electron chi connectivity index (χ1n) is 13.8. The van der Waals surface area contributed by atoms with Crippen LogP contribution in [-0.4, -0.2) is 30.4 Å². The predicted octanol–water partition coefficient (Wildman–Crippen LogP) is 5.62. The maximum atomic E-state index is 13.7. The van der Waals surface area contributed by atoms with E-state index in [2.05, 4.69) is 24.9 Å². The lowest BCUT2D eigenvalue weighted by molar-refractivity contribution is 0.277. The maximum Gasteiger partial charge on any atom is 0.332 e. The number of aliphatic hydroxyl groups is 1. The summed E-state index contributed by atoms with van der Waals surface area (Å²) in [5.74, 6) is 1.23. The van der Waals surface area contributed by atoms with Crippen LogP contribution in [0.15, 0.2) is 58.1 Å². The van der Waals surface area contributed by atoms with Crippen LogP contribution < -0.4 is 16.0 Å². The number of fused-ring (bicyclic) bond motifs is 1. The fourth-order valence-corrected chi connectivity index (χ4v) is 5.14. The van der Waals surface area contributed by atoms with Gasteiger partial charge in [-0.05, 0) is 61.1 Å². The van der Waals surface area contributed by atoms with Crippen molar-refractivity contribution in [2.45, 2.75) is 72.5 Å². The lowest BCUT2D eigenvalue weighted by Gasteiger charge is -2.15. The van der Waals surface area contributed by atoms with Crippen molar-refractivity contribution < 1.29 is 9.84 Å². The largest absolute Gasteiger partial charge is 0.425 e. The third kappa shape index (κ3) is 6.45. The van der Waals surface area contributed by atoms with Gasteiger partial charge in [0.15, 0.2) is 11.2 Å². The molecular formula is C30H37ClN4O4. The van der Waals surface area contributed by atoms with Gasteiger partial charge in [-0.2, -0.15) is 4.98 Å². The van der Waals surface area contributed by atoms with Crippen molar-refractivity contribution in [3.05, 3.63) is 85.5 Å². The third-order valence-electron chi connectivity index (χ3n) is 7.10. The van der Waals surface area contributed by atoms with E-state index < -0.39 is 11.2 Å². The molecule has 0 aliphatic carbocycles. The second-order valence-corrected chi connectivity index (χ2v) is 10.3.